The third kappa shape index (κ3) is 2.78. The highest BCUT2D eigenvalue weighted by molar-refractivity contribution is 5.31. The fourth-order valence-electron chi connectivity index (χ4n) is 1.75. The van der Waals surface area contributed by atoms with E-state index in [4.69, 9.17) is 0 Å². The van der Waals surface area contributed by atoms with Gasteiger partial charge in [-0.05, 0) is 25.5 Å². The molecule has 0 amide bonds. The molecule has 100 valence electrons. The molecule has 4 heteroatoms. The van der Waals surface area contributed by atoms with Crippen LogP contribution in [-0.4, -0.2) is 15.8 Å². The minimum atomic E-state index is -0.0907. The number of hydrogen-bond donors (Lipinski definition) is 2. The van der Waals surface area contributed by atoms with Gasteiger partial charge < -0.3 is 5.32 Å². The second-order valence-corrected chi connectivity index (χ2v) is 4.60. The van der Waals surface area contributed by atoms with Crippen molar-refractivity contribution in [1.82, 2.24) is 15.1 Å². The van der Waals surface area contributed by atoms with E-state index < -0.39 is 0 Å². The van der Waals surface area contributed by atoms with Gasteiger partial charge in [-0.2, -0.15) is 0 Å². The van der Waals surface area contributed by atoms with E-state index in [0.717, 1.165) is 12.1 Å². The van der Waals surface area contributed by atoms with E-state index in [9.17, 15) is 4.79 Å². The molecule has 0 radical (unpaired) electrons. The molecular weight excluding hydrogens is 238 g/mol. The van der Waals surface area contributed by atoms with Gasteiger partial charge in [-0.25, -0.2) is 4.68 Å². The number of benzene rings is 1. The molecule has 1 atom stereocenters. The summed E-state index contributed by atoms with van der Waals surface area (Å²) in [7, 11) is 0. The van der Waals surface area contributed by atoms with E-state index in [1.54, 1.807) is 6.20 Å². The summed E-state index contributed by atoms with van der Waals surface area (Å²) in [5.74, 6) is 0. The van der Waals surface area contributed by atoms with Crippen molar-refractivity contribution >= 4 is 12.8 Å². The van der Waals surface area contributed by atoms with Crippen molar-refractivity contribution in [3.8, 4) is 5.69 Å². The molecule has 0 aliphatic rings. The van der Waals surface area contributed by atoms with Gasteiger partial charge in [0, 0.05) is 12.2 Å². The molecule has 0 fully saturated rings. The maximum Gasteiger partial charge on any atom is 0.280 e. The minimum absolute atomic E-state index is 0.0907. The molecule has 0 saturated carbocycles. The Kier molecular flexibility index (Phi) is 3.90. The van der Waals surface area contributed by atoms with Crippen LogP contribution in [0.5, 0.6) is 0 Å². The third-order valence-corrected chi connectivity index (χ3v) is 3.14. The molecule has 2 rings (SSSR count). The van der Waals surface area contributed by atoms with Crippen molar-refractivity contribution < 1.29 is 0 Å². The first kappa shape index (κ1) is 13.2. The summed E-state index contributed by atoms with van der Waals surface area (Å²) in [4.78, 5) is 12.3. The Morgan fingerprint density at radius 1 is 1.42 bits per heavy atom. The number of nitrogens with one attached hydrogen (secondary N) is 2. The van der Waals surface area contributed by atoms with Crippen molar-refractivity contribution in [2.24, 2.45) is 0 Å². The van der Waals surface area contributed by atoms with Crippen LogP contribution in [0.1, 0.15) is 20.3 Å². The van der Waals surface area contributed by atoms with Crippen molar-refractivity contribution in [2.45, 2.75) is 26.3 Å². The lowest BCUT2D eigenvalue weighted by Crippen LogP contribution is -2.37. The predicted octanol–water partition coefficient (Wildman–Crippen LogP) is 0.702. The molecule has 1 aromatic heterocycles. The van der Waals surface area contributed by atoms with Crippen LogP contribution in [0.25, 0.3) is 18.5 Å². The third-order valence-electron chi connectivity index (χ3n) is 3.14. The largest absolute Gasteiger partial charge is 0.388 e. The Labute approximate surface area is 112 Å². The molecule has 19 heavy (non-hydrogen) atoms. The second kappa shape index (κ2) is 5.61. The Balaban J connectivity index is 2.47. The zero-order valence-corrected chi connectivity index (χ0v) is 11.3. The van der Waals surface area contributed by atoms with Gasteiger partial charge in [0.25, 0.3) is 5.56 Å². The van der Waals surface area contributed by atoms with E-state index in [-0.39, 0.29) is 5.56 Å². The summed E-state index contributed by atoms with van der Waals surface area (Å²) in [5, 5.41) is 7.38. The lowest BCUT2D eigenvalue weighted by atomic mass is 10.3. The van der Waals surface area contributed by atoms with Crippen molar-refractivity contribution in [1.29, 1.82) is 0 Å². The number of para-hydroxylation sites is 1. The van der Waals surface area contributed by atoms with Gasteiger partial charge in [0.1, 0.15) is 0 Å². The molecule has 0 spiro atoms. The second-order valence-electron chi connectivity index (χ2n) is 4.60. The standard InChI is InChI=1S/C15H19N3O/c1-4-11(2)16-10-14-12(3)17-18(15(14)19)13-8-6-5-7-9-13/h5-11,16-17H,3-4H2,1-2H3. The minimum Gasteiger partial charge on any atom is -0.388 e. The lowest BCUT2D eigenvalue weighted by molar-refractivity contribution is 0.638. The fraction of sp³-hybridized carbons (Fsp3) is 0.267. The Hall–Kier alpha value is -2.23. The highest BCUT2D eigenvalue weighted by atomic mass is 16.1. The Morgan fingerprint density at radius 3 is 2.74 bits per heavy atom. The molecule has 0 aliphatic carbocycles. The van der Waals surface area contributed by atoms with Crippen molar-refractivity contribution in [2.75, 3.05) is 0 Å². The highest BCUT2D eigenvalue weighted by Gasteiger charge is 2.03. The Bertz CT molecular complexity index is 697. The quantitative estimate of drug-likeness (QED) is 0.847. The number of aromatic amines is 1. The summed E-state index contributed by atoms with van der Waals surface area (Å²) in [6, 6.07) is 9.80. The topological polar surface area (TPSA) is 49.8 Å². The van der Waals surface area contributed by atoms with Crippen LogP contribution in [0.15, 0.2) is 35.1 Å². The number of hydrogen-bond acceptors (Lipinski definition) is 2. The van der Waals surface area contributed by atoms with Crippen LogP contribution in [0, 0.1) is 0 Å². The van der Waals surface area contributed by atoms with Gasteiger partial charge in [0.2, 0.25) is 0 Å². The maximum atomic E-state index is 12.3. The molecule has 0 saturated heterocycles. The summed E-state index contributed by atoms with van der Waals surface area (Å²) in [6.07, 6.45) is 2.75. The number of nitrogens with zero attached hydrogens (tertiary/aromatic N) is 1. The molecule has 1 heterocycles. The predicted molar refractivity (Wildman–Crippen MR) is 78.5 cm³/mol. The van der Waals surface area contributed by atoms with Gasteiger partial charge in [-0.15, -0.1) is 0 Å². The zero-order chi connectivity index (χ0) is 13.8. The first-order valence-electron chi connectivity index (χ1n) is 6.45. The smallest absolute Gasteiger partial charge is 0.280 e. The molecule has 2 aromatic rings. The van der Waals surface area contributed by atoms with Gasteiger partial charge in [0.05, 0.1) is 16.3 Å². The monoisotopic (exact) mass is 257 g/mol. The normalized spacial score (nSPS) is 13.5. The molecule has 1 unspecified atom stereocenters. The van der Waals surface area contributed by atoms with Gasteiger partial charge >= 0.3 is 0 Å². The zero-order valence-electron chi connectivity index (χ0n) is 11.3. The maximum absolute atomic E-state index is 12.3. The summed E-state index contributed by atoms with van der Waals surface area (Å²) >= 11 is 0. The Morgan fingerprint density at radius 2 is 2.11 bits per heavy atom. The van der Waals surface area contributed by atoms with Crippen LogP contribution >= 0.6 is 0 Å². The molecule has 2 N–H and O–H groups in total. The van der Waals surface area contributed by atoms with Crippen LogP contribution in [0.2, 0.25) is 0 Å². The fourth-order valence-corrected chi connectivity index (χ4v) is 1.75. The summed E-state index contributed by atoms with van der Waals surface area (Å²) < 4.78 is 1.51. The van der Waals surface area contributed by atoms with Crippen LogP contribution in [0.3, 0.4) is 0 Å². The van der Waals surface area contributed by atoms with E-state index >= 15 is 0 Å². The van der Waals surface area contributed by atoms with Crippen LogP contribution in [0.4, 0.5) is 0 Å². The van der Waals surface area contributed by atoms with E-state index in [0.29, 0.717) is 16.6 Å². The number of rotatable bonds is 4. The molecule has 0 aliphatic heterocycles. The van der Waals surface area contributed by atoms with Crippen LogP contribution in [-0.2, 0) is 0 Å². The van der Waals surface area contributed by atoms with Gasteiger partial charge in [-0.3, -0.25) is 9.89 Å². The molecule has 0 bridgehead atoms. The average Bonchev–Trinajstić information content (AvgIpc) is 2.72. The molecule has 1 aromatic carbocycles. The van der Waals surface area contributed by atoms with Crippen molar-refractivity contribution in [3.05, 3.63) is 51.3 Å². The van der Waals surface area contributed by atoms with Gasteiger partial charge in [0.15, 0.2) is 0 Å². The molecule has 4 nitrogen and oxygen atoms in total. The van der Waals surface area contributed by atoms with Gasteiger partial charge in [-0.1, -0.05) is 31.7 Å². The first-order valence-corrected chi connectivity index (χ1v) is 6.45. The van der Waals surface area contributed by atoms with E-state index in [1.807, 2.05) is 30.3 Å². The molecular formula is C15H19N3O. The van der Waals surface area contributed by atoms with E-state index in [2.05, 4.69) is 30.8 Å². The number of H-pyrrole nitrogens is 1. The highest BCUT2D eigenvalue weighted by Crippen LogP contribution is 1.99. The lowest BCUT2D eigenvalue weighted by Gasteiger charge is -2.06. The first-order chi connectivity index (χ1) is 9.13. The van der Waals surface area contributed by atoms with E-state index in [1.165, 1.54) is 4.68 Å². The number of aromatic nitrogens is 2. The van der Waals surface area contributed by atoms with Crippen molar-refractivity contribution in [3.63, 3.8) is 0 Å². The summed E-state index contributed by atoms with van der Waals surface area (Å²) in [6.45, 7) is 8.05. The summed E-state index contributed by atoms with van der Waals surface area (Å²) in [5.41, 5.74) is 0.715. The van der Waals surface area contributed by atoms with Crippen LogP contribution < -0.4 is 21.4 Å². The average molecular weight is 257 g/mol. The SMILES string of the molecule is C=c1[nH]n(-c2ccccc2)c(=O)c1=CNC(C)CC.